The first-order valence-electron chi connectivity index (χ1n) is 8.31. The highest BCUT2D eigenvalue weighted by Gasteiger charge is 2.21. The maximum absolute atomic E-state index is 12.5. The molecule has 1 aliphatic heterocycles. The lowest BCUT2D eigenvalue weighted by Gasteiger charge is -2.36. The van der Waals surface area contributed by atoms with Gasteiger partial charge < -0.3 is 19.9 Å². The third-order valence-corrected chi connectivity index (χ3v) is 4.51. The van der Waals surface area contributed by atoms with E-state index in [0.717, 1.165) is 18.8 Å². The minimum Gasteiger partial charge on any atom is -0.465 e. The summed E-state index contributed by atoms with van der Waals surface area (Å²) in [7, 11) is 1.33. The molecule has 0 bridgehead atoms. The summed E-state index contributed by atoms with van der Waals surface area (Å²) in [5.74, 6) is -0.434. The highest BCUT2D eigenvalue weighted by Crippen LogP contribution is 2.21. The zero-order chi connectivity index (χ0) is 18.5. The Bertz CT molecular complexity index is 804. The first-order valence-corrected chi connectivity index (χ1v) is 8.69. The Kier molecular flexibility index (Phi) is 5.63. The Labute approximate surface area is 157 Å². The third kappa shape index (κ3) is 4.26. The number of nitrogens with zero attached hydrogens (tertiary/aromatic N) is 2. The van der Waals surface area contributed by atoms with Crippen LogP contribution in [0, 0.1) is 0 Å². The number of anilines is 2. The van der Waals surface area contributed by atoms with E-state index in [1.165, 1.54) is 7.11 Å². The van der Waals surface area contributed by atoms with E-state index >= 15 is 0 Å². The lowest BCUT2D eigenvalue weighted by atomic mass is 10.2. The van der Waals surface area contributed by atoms with Crippen LogP contribution in [0.4, 0.5) is 16.2 Å². The normalized spacial score (nSPS) is 14.1. The van der Waals surface area contributed by atoms with Crippen LogP contribution >= 0.6 is 11.6 Å². The summed E-state index contributed by atoms with van der Waals surface area (Å²) in [5, 5.41) is 3.54. The van der Waals surface area contributed by atoms with Crippen molar-refractivity contribution >= 4 is 35.0 Å². The molecule has 0 aromatic heterocycles. The number of halogens is 1. The molecule has 0 atom stereocenters. The van der Waals surface area contributed by atoms with Gasteiger partial charge in [0.25, 0.3) is 0 Å². The Balaban J connectivity index is 1.58. The van der Waals surface area contributed by atoms with Crippen LogP contribution in [0.5, 0.6) is 0 Å². The van der Waals surface area contributed by atoms with Crippen molar-refractivity contribution in [3.63, 3.8) is 0 Å². The van der Waals surface area contributed by atoms with Crippen LogP contribution in [0.15, 0.2) is 48.5 Å². The number of piperazine rings is 1. The van der Waals surface area contributed by atoms with E-state index in [1.807, 2.05) is 24.3 Å². The Morgan fingerprint density at radius 2 is 1.77 bits per heavy atom. The molecule has 1 heterocycles. The van der Waals surface area contributed by atoms with Crippen molar-refractivity contribution in [2.75, 3.05) is 43.5 Å². The Morgan fingerprint density at radius 1 is 1.04 bits per heavy atom. The lowest BCUT2D eigenvalue weighted by Crippen LogP contribution is -2.50. The fourth-order valence-corrected chi connectivity index (χ4v) is 3.07. The Hall–Kier alpha value is -2.73. The fraction of sp³-hybridized carbons (Fsp3) is 0.263. The summed E-state index contributed by atoms with van der Waals surface area (Å²) in [6.07, 6.45) is 0. The average Bonchev–Trinajstić information content (AvgIpc) is 2.67. The number of amides is 2. The average molecular weight is 374 g/mol. The van der Waals surface area contributed by atoms with Crippen LogP contribution in [0.3, 0.4) is 0 Å². The second-order valence-corrected chi connectivity index (χ2v) is 6.39. The van der Waals surface area contributed by atoms with Gasteiger partial charge in [-0.1, -0.05) is 23.7 Å². The number of methoxy groups -OCH3 is 1. The number of esters is 1. The summed E-state index contributed by atoms with van der Waals surface area (Å²) in [5.41, 5.74) is 2.02. The summed E-state index contributed by atoms with van der Waals surface area (Å²) in [6, 6.07) is 14.2. The molecule has 1 fully saturated rings. The van der Waals surface area contributed by atoms with Gasteiger partial charge in [-0.3, -0.25) is 0 Å². The van der Waals surface area contributed by atoms with Crippen LogP contribution in [-0.4, -0.2) is 50.2 Å². The van der Waals surface area contributed by atoms with Gasteiger partial charge >= 0.3 is 12.0 Å². The van der Waals surface area contributed by atoms with Gasteiger partial charge in [0.1, 0.15) is 0 Å². The predicted octanol–water partition coefficient (Wildman–Crippen LogP) is 3.48. The molecule has 0 unspecified atom stereocenters. The molecular formula is C19H20ClN3O3. The molecule has 1 saturated heterocycles. The minimum atomic E-state index is -0.434. The smallest absolute Gasteiger partial charge is 0.337 e. The number of rotatable bonds is 3. The SMILES string of the molecule is COC(=O)c1cccc(NC(=O)N2CCN(c3cccc(Cl)c3)CC2)c1. The molecule has 2 aromatic carbocycles. The van der Waals surface area contributed by atoms with Crippen LogP contribution in [0.1, 0.15) is 10.4 Å². The zero-order valence-electron chi connectivity index (χ0n) is 14.4. The summed E-state index contributed by atoms with van der Waals surface area (Å²) >= 11 is 6.04. The van der Waals surface area contributed by atoms with Gasteiger partial charge in [-0.05, 0) is 36.4 Å². The van der Waals surface area contributed by atoms with Crippen LogP contribution in [-0.2, 0) is 4.74 Å². The van der Waals surface area contributed by atoms with Gasteiger partial charge in [-0.25, -0.2) is 9.59 Å². The molecule has 26 heavy (non-hydrogen) atoms. The number of hydrogen-bond acceptors (Lipinski definition) is 4. The molecule has 0 spiro atoms. The van der Waals surface area contributed by atoms with Crippen molar-refractivity contribution in [3.8, 4) is 0 Å². The summed E-state index contributed by atoms with van der Waals surface area (Å²) < 4.78 is 4.70. The first kappa shape index (κ1) is 18.1. The van der Waals surface area contributed by atoms with Crippen molar-refractivity contribution in [2.45, 2.75) is 0 Å². The molecule has 0 aliphatic carbocycles. The van der Waals surface area contributed by atoms with E-state index in [1.54, 1.807) is 29.2 Å². The number of carbonyl (C=O) groups is 2. The van der Waals surface area contributed by atoms with Crippen LogP contribution < -0.4 is 10.2 Å². The molecule has 1 aliphatic rings. The van der Waals surface area contributed by atoms with E-state index in [-0.39, 0.29) is 6.03 Å². The van der Waals surface area contributed by atoms with Gasteiger partial charge in [0.05, 0.1) is 12.7 Å². The molecule has 2 amide bonds. The number of urea groups is 1. The molecule has 1 N–H and O–H groups in total. The quantitative estimate of drug-likeness (QED) is 0.837. The highest BCUT2D eigenvalue weighted by molar-refractivity contribution is 6.30. The summed E-state index contributed by atoms with van der Waals surface area (Å²) in [6.45, 7) is 2.68. The van der Waals surface area contributed by atoms with Crippen molar-refractivity contribution in [3.05, 3.63) is 59.1 Å². The predicted molar refractivity (Wildman–Crippen MR) is 102 cm³/mol. The Morgan fingerprint density at radius 3 is 2.46 bits per heavy atom. The van der Waals surface area contributed by atoms with Crippen molar-refractivity contribution < 1.29 is 14.3 Å². The van der Waals surface area contributed by atoms with Crippen LogP contribution in [0.25, 0.3) is 0 Å². The molecule has 0 saturated carbocycles. The second-order valence-electron chi connectivity index (χ2n) is 5.96. The largest absolute Gasteiger partial charge is 0.465 e. The maximum atomic E-state index is 12.5. The number of benzene rings is 2. The maximum Gasteiger partial charge on any atom is 0.337 e. The van der Waals surface area contributed by atoms with E-state index in [4.69, 9.17) is 16.3 Å². The van der Waals surface area contributed by atoms with Gasteiger partial charge in [-0.15, -0.1) is 0 Å². The lowest BCUT2D eigenvalue weighted by molar-refractivity contribution is 0.0600. The van der Waals surface area contributed by atoms with E-state index < -0.39 is 5.97 Å². The number of carbonyl (C=O) groups excluding carboxylic acids is 2. The standard InChI is InChI=1S/C19H20ClN3O3/c1-26-18(24)14-4-2-6-16(12-14)21-19(25)23-10-8-22(9-11-23)17-7-3-5-15(20)13-17/h2-7,12-13H,8-11H2,1H3,(H,21,25). The highest BCUT2D eigenvalue weighted by atomic mass is 35.5. The molecule has 3 rings (SSSR count). The van der Waals surface area contributed by atoms with Crippen molar-refractivity contribution in [1.82, 2.24) is 4.90 Å². The molecule has 0 radical (unpaired) electrons. The van der Waals surface area contributed by atoms with E-state index in [0.29, 0.717) is 29.4 Å². The van der Waals surface area contributed by atoms with E-state index in [2.05, 4.69) is 10.2 Å². The molecule has 2 aromatic rings. The van der Waals surface area contributed by atoms with Gasteiger partial charge in [0, 0.05) is 42.6 Å². The van der Waals surface area contributed by atoms with Gasteiger partial charge in [0.2, 0.25) is 0 Å². The second kappa shape index (κ2) is 8.10. The topological polar surface area (TPSA) is 61.9 Å². The van der Waals surface area contributed by atoms with E-state index in [9.17, 15) is 9.59 Å². The van der Waals surface area contributed by atoms with Gasteiger partial charge in [-0.2, -0.15) is 0 Å². The summed E-state index contributed by atoms with van der Waals surface area (Å²) in [4.78, 5) is 28.0. The molecule has 6 nitrogen and oxygen atoms in total. The number of ether oxygens (including phenoxy) is 1. The zero-order valence-corrected chi connectivity index (χ0v) is 15.2. The van der Waals surface area contributed by atoms with Gasteiger partial charge in [0.15, 0.2) is 0 Å². The monoisotopic (exact) mass is 373 g/mol. The fourth-order valence-electron chi connectivity index (χ4n) is 2.88. The minimum absolute atomic E-state index is 0.183. The van der Waals surface area contributed by atoms with Crippen molar-refractivity contribution in [1.29, 1.82) is 0 Å². The molecule has 136 valence electrons. The van der Waals surface area contributed by atoms with Crippen LogP contribution in [0.2, 0.25) is 5.02 Å². The molecular weight excluding hydrogens is 354 g/mol. The molecule has 7 heteroatoms. The number of nitrogens with one attached hydrogen (secondary N) is 1. The number of hydrogen-bond donors (Lipinski definition) is 1. The van der Waals surface area contributed by atoms with Crippen molar-refractivity contribution in [2.24, 2.45) is 0 Å². The third-order valence-electron chi connectivity index (χ3n) is 4.28. The first-order chi connectivity index (χ1) is 12.6.